The summed E-state index contributed by atoms with van der Waals surface area (Å²) >= 11 is 0. The third kappa shape index (κ3) is 9.16. The highest BCUT2D eigenvalue weighted by Crippen LogP contribution is 2.03. The van der Waals surface area contributed by atoms with E-state index in [1.807, 2.05) is 6.92 Å². The molecule has 98 valence electrons. The van der Waals surface area contributed by atoms with Crippen molar-refractivity contribution in [2.24, 2.45) is 0 Å². The minimum Gasteiger partial charge on any atom is -0.314 e. The first-order valence-electron chi connectivity index (χ1n) is 6.45. The Hall–Kier alpha value is -0.0900. The normalized spacial score (nSPS) is 13.9. The number of hydrogen-bond acceptors (Lipinski definition) is 3. The molecule has 0 radical (unpaired) electrons. The molecule has 3 nitrogen and oxygen atoms in total. The molecule has 0 aromatic heterocycles. The second-order valence-corrected chi connectivity index (χ2v) is 6.81. The van der Waals surface area contributed by atoms with E-state index in [0.717, 1.165) is 38.6 Å². The van der Waals surface area contributed by atoms with Crippen LogP contribution in [0.1, 0.15) is 52.9 Å². The van der Waals surface area contributed by atoms with Crippen LogP contribution in [0.4, 0.5) is 0 Å². The molecule has 0 amide bonds. The molecule has 0 aromatic carbocycles. The van der Waals surface area contributed by atoms with Gasteiger partial charge in [-0.25, -0.2) is 8.42 Å². The Kier molecular flexibility index (Phi) is 8.94. The molecule has 0 aliphatic heterocycles. The lowest BCUT2D eigenvalue weighted by molar-refractivity contribution is 0.506. The van der Waals surface area contributed by atoms with Crippen LogP contribution in [-0.4, -0.2) is 32.5 Å². The Bertz CT molecular complexity index is 250. The topological polar surface area (TPSA) is 46.2 Å². The Morgan fingerprint density at radius 1 is 1.06 bits per heavy atom. The van der Waals surface area contributed by atoms with E-state index < -0.39 is 9.84 Å². The summed E-state index contributed by atoms with van der Waals surface area (Å²) in [6, 6.07) is 0.432. The number of sulfone groups is 1. The van der Waals surface area contributed by atoms with Crippen LogP contribution in [0.15, 0.2) is 0 Å². The average molecular weight is 249 g/mol. The molecule has 0 aliphatic carbocycles. The van der Waals surface area contributed by atoms with Gasteiger partial charge in [0.2, 0.25) is 0 Å². The number of nitrogens with one attached hydrogen (secondary N) is 1. The summed E-state index contributed by atoms with van der Waals surface area (Å²) < 4.78 is 23.1. The fraction of sp³-hybridized carbons (Fsp3) is 1.00. The van der Waals surface area contributed by atoms with Gasteiger partial charge < -0.3 is 5.32 Å². The first-order chi connectivity index (χ1) is 7.52. The number of unbranched alkanes of at least 4 members (excludes halogenated alkanes) is 1. The molecule has 0 spiro atoms. The van der Waals surface area contributed by atoms with Crippen LogP contribution >= 0.6 is 0 Å². The van der Waals surface area contributed by atoms with Gasteiger partial charge in [-0.2, -0.15) is 0 Å². The number of rotatable bonds is 10. The van der Waals surface area contributed by atoms with Crippen LogP contribution in [0.25, 0.3) is 0 Å². The van der Waals surface area contributed by atoms with Crippen molar-refractivity contribution in [2.75, 3.05) is 18.1 Å². The van der Waals surface area contributed by atoms with Crippen molar-refractivity contribution in [1.29, 1.82) is 0 Å². The van der Waals surface area contributed by atoms with Crippen molar-refractivity contribution < 1.29 is 8.42 Å². The lowest BCUT2D eigenvalue weighted by atomic mass is 10.2. The van der Waals surface area contributed by atoms with E-state index in [-0.39, 0.29) is 0 Å². The summed E-state index contributed by atoms with van der Waals surface area (Å²) in [6.45, 7) is 7.29. The predicted octanol–water partition coefficient (Wildman–Crippen LogP) is 2.37. The molecule has 0 aromatic rings. The molecular formula is C12H27NO2S. The second kappa shape index (κ2) is 8.99. The Labute approximate surface area is 101 Å². The SMILES string of the molecule is CCCCS(=O)(=O)CCCC(C)NCCC. The fourth-order valence-electron chi connectivity index (χ4n) is 1.57. The molecule has 1 atom stereocenters. The maximum atomic E-state index is 11.6. The zero-order chi connectivity index (χ0) is 12.4. The van der Waals surface area contributed by atoms with Gasteiger partial charge >= 0.3 is 0 Å². The number of hydrogen-bond donors (Lipinski definition) is 1. The molecular weight excluding hydrogens is 222 g/mol. The minimum atomic E-state index is -2.79. The largest absolute Gasteiger partial charge is 0.314 e. The van der Waals surface area contributed by atoms with Crippen molar-refractivity contribution in [3.8, 4) is 0 Å². The third-order valence-electron chi connectivity index (χ3n) is 2.64. The van der Waals surface area contributed by atoms with Crippen LogP contribution in [0, 0.1) is 0 Å². The van der Waals surface area contributed by atoms with Crippen LogP contribution in [0.5, 0.6) is 0 Å². The molecule has 0 fully saturated rings. The van der Waals surface area contributed by atoms with E-state index in [1.54, 1.807) is 0 Å². The molecule has 0 saturated heterocycles. The predicted molar refractivity (Wildman–Crippen MR) is 70.6 cm³/mol. The first-order valence-corrected chi connectivity index (χ1v) is 8.27. The summed E-state index contributed by atoms with van der Waals surface area (Å²) in [4.78, 5) is 0. The summed E-state index contributed by atoms with van der Waals surface area (Å²) in [5.41, 5.74) is 0. The lowest BCUT2D eigenvalue weighted by Crippen LogP contribution is -2.27. The first kappa shape index (κ1) is 15.9. The Morgan fingerprint density at radius 3 is 2.25 bits per heavy atom. The molecule has 1 N–H and O–H groups in total. The Morgan fingerprint density at radius 2 is 1.69 bits per heavy atom. The van der Waals surface area contributed by atoms with E-state index in [0.29, 0.717) is 17.5 Å². The summed E-state index contributed by atoms with van der Waals surface area (Å²) in [5, 5.41) is 3.37. The second-order valence-electron chi connectivity index (χ2n) is 4.50. The van der Waals surface area contributed by atoms with Gasteiger partial charge in [0.1, 0.15) is 9.84 Å². The highest BCUT2D eigenvalue weighted by Gasteiger charge is 2.10. The maximum absolute atomic E-state index is 11.6. The van der Waals surface area contributed by atoms with Crippen molar-refractivity contribution in [2.45, 2.75) is 58.9 Å². The van der Waals surface area contributed by atoms with E-state index in [9.17, 15) is 8.42 Å². The van der Waals surface area contributed by atoms with Crippen molar-refractivity contribution in [3.05, 3.63) is 0 Å². The van der Waals surface area contributed by atoms with Crippen molar-refractivity contribution >= 4 is 9.84 Å². The monoisotopic (exact) mass is 249 g/mol. The molecule has 0 heterocycles. The van der Waals surface area contributed by atoms with Crippen LogP contribution in [0.2, 0.25) is 0 Å². The highest BCUT2D eigenvalue weighted by atomic mass is 32.2. The van der Waals surface area contributed by atoms with E-state index >= 15 is 0 Å². The minimum absolute atomic E-state index is 0.352. The smallest absolute Gasteiger partial charge is 0.150 e. The Balaban J connectivity index is 3.63. The van der Waals surface area contributed by atoms with Crippen LogP contribution in [-0.2, 0) is 9.84 Å². The van der Waals surface area contributed by atoms with Gasteiger partial charge in [-0.3, -0.25) is 0 Å². The van der Waals surface area contributed by atoms with Gasteiger partial charge in [-0.05, 0) is 39.2 Å². The maximum Gasteiger partial charge on any atom is 0.150 e. The highest BCUT2D eigenvalue weighted by molar-refractivity contribution is 7.91. The molecule has 4 heteroatoms. The quantitative estimate of drug-likeness (QED) is 0.646. The zero-order valence-corrected chi connectivity index (χ0v) is 11.8. The summed E-state index contributed by atoms with van der Waals surface area (Å²) in [6.07, 6.45) is 4.61. The molecule has 16 heavy (non-hydrogen) atoms. The van der Waals surface area contributed by atoms with Gasteiger partial charge in [0.05, 0.1) is 11.5 Å². The van der Waals surface area contributed by atoms with Crippen LogP contribution < -0.4 is 5.32 Å². The van der Waals surface area contributed by atoms with Gasteiger partial charge in [-0.15, -0.1) is 0 Å². The van der Waals surface area contributed by atoms with Gasteiger partial charge in [-0.1, -0.05) is 20.3 Å². The standard InChI is InChI=1S/C12H27NO2S/c1-4-6-10-16(14,15)11-7-8-12(3)13-9-5-2/h12-13H,4-11H2,1-3H3. The fourth-order valence-corrected chi connectivity index (χ4v) is 3.11. The molecule has 0 aliphatic rings. The zero-order valence-electron chi connectivity index (χ0n) is 11.0. The molecule has 0 bridgehead atoms. The molecule has 1 unspecified atom stereocenters. The van der Waals surface area contributed by atoms with E-state index in [2.05, 4.69) is 19.2 Å². The lowest BCUT2D eigenvalue weighted by Gasteiger charge is -2.12. The molecule has 0 saturated carbocycles. The van der Waals surface area contributed by atoms with Gasteiger partial charge in [0, 0.05) is 6.04 Å². The van der Waals surface area contributed by atoms with Crippen molar-refractivity contribution in [3.63, 3.8) is 0 Å². The van der Waals surface area contributed by atoms with E-state index in [4.69, 9.17) is 0 Å². The van der Waals surface area contributed by atoms with E-state index in [1.165, 1.54) is 0 Å². The van der Waals surface area contributed by atoms with Gasteiger partial charge in [0.15, 0.2) is 0 Å². The average Bonchev–Trinajstić information content (AvgIpc) is 2.23. The summed E-state index contributed by atoms with van der Waals surface area (Å²) in [7, 11) is -2.79. The van der Waals surface area contributed by atoms with Gasteiger partial charge in [0.25, 0.3) is 0 Å². The van der Waals surface area contributed by atoms with Crippen molar-refractivity contribution in [1.82, 2.24) is 5.32 Å². The third-order valence-corrected chi connectivity index (χ3v) is 4.47. The summed E-state index contributed by atoms with van der Waals surface area (Å²) in [5.74, 6) is 0.714. The molecule has 0 rings (SSSR count). The van der Waals surface area contributed by atoms with Crippen LogP contribution in [0.3, 0.4) is 0 Å².